The van der Waals surface area contributed by atoms with E-state index < -0.39 is 5.82 Å². The van der Waals surface area contributed by atoms with E-state index in [1.165, 1.54) is 56.2 Å². The number of carbonyl (C=O) groups is 1. The predicted octanol–water partition coefficient (Wildman–Crippen LogP) is 5.87. The zero-order chi connectivity index (χ0) is 16.1. The molecule has 0 aliphatic heterocycles. The molecule has 120 valence electrons. The van der Waals surface area contributed by atoms with E-state index in [0.717, 1.165) is 0 Å². The third-order valence-corrected chi connectivity index (χ3v) is 4.53. The van der Waals surface area contributed by atoms with Crippen molar-refractivity contribution in [1.82, 2.24) is 0 Å². The molecule has 0 radical (unpaired) electrons. The van der Waals surface area contributed by atoms with Gasteiger partial charge in [-0.15, -0.1) is 0 Å². The number of hydrogen-bond donors (Lipinski definition) is 0. The zero-order valence-electron chi connectivity index (χ0n) is 13.1. The average Bonchev–Trinajstić information content (AvgIpc) is 2.87. The summed E-state index contributed by atoms with van der Waals surface area (Å²) < 4.78 is 19.4. The number of ether oxygens (including phenoxy) is 1. The topological polar surface area (TPSA) is 26.3 Å². The van der Waals surface area contributed by atoms with Gasteiger partial charge in [-0.2, -0.15) is 0 Å². The number of carbonyl (C=O) groups excluding carboxylic acids is 1. The van der Waals surface area contributed by atoms with Crippen LogP contribution in [0.4, 0.5) is 4.39 Å². The maximum Gasteiger partial charge on any atom is 0.166 e. The van der Waals surface area contributed by atoms with Gasteiger partial charge in [-0.25, -0.2) is 4.39 Å². The van der Waals surface area contributed by atoms with Crippen LogP contribution in [0.15, 0.2) is 42.5 Å². The van der Waals surface area contributed by atoms with Crippen molar-refractivity contribution < 1.29 is 13.9 Å². The van der Waals surface area contributed by atoms with E-state index in [0.29, 0.717) is 23.5 Å². The fourth-order valence-corrected chi connectivity index (χ4v) is 3.22. The van der Waals surface area contributed by atoms with Crippen LogP contribution in [0.3, 0.4) is 0 Å². The average molecular weight is 312 g/mol. The molecule has 1 aliphatic rings. The number of rotatable bonds is 4. The quantitative estimate of drug-likeness (QED) is 0.521. The lowest BCUT2D eigenvalue weighted by Crippen LogP contribution is -1.97. The lowest BCUT2D eigenvalue weighted by atomic mass is 9.92. The highest BCUT2D eigenvalue weighted by Gasteiger charge is 2.14. The van der Waals surface area contributed by atoms with Gasteiger partial charge in [-0.05, 0) is 54.7 Å². The minimum Gasteiger partial charge on any atom is -0.454 e. The Morgan fingerprint density at radius 3 is 2.26 bits per heavy atom. The molecule has 0 bridgehead atoms. The van der Waals surface area contributed by atoms with Gasteiger partial charge < -0.3 is 4.74 Å². The summed E-state index contributed by atoms with van der Waals surface area (Å²) >= 11 is 0. The summed E-state index contributed by atoms with van der Waals surface area (Å²) in [6, 6.07) is 12.2. The van der Waals surface area contributed by atoms with Crippen molar-refractivity contribution in [2.45, 2.75) is 44.4 Å². The van der Waals surface area contributed by atoms with Crippen LogP contribution in [0.5, 0.6) is 11.5 Å². The molecule has 1 aliphatic carbocycles. The highest BCUT2D eigenvalue weighted by atomic mass is 19.1. The molecule has 0 spiro atoms. The standard InChI is InChI=1S/C20H21FO2/c21-19-13-15(14-22)7-12-20(19)23-18-10-8-17(9-11-18)16-5-3-1-2-4-6-16/h7-14,16H,1-6H2. The molecule has 1 saturated carbocycles. The fraction of sp³-hybridized carbons (Fsp3) is 0.350. The highest BCUT2D eigenvalue weighted by Crippen LogP contribution is 2.33. The van der Waals surface area contributed by atoms with E-state index in [4.69, 9.17) is 4.74 Å². The second-order valence-corrected chi connectivity index (χ2v) is 6.17. The smallest absolute Gasteiger partial charge is 0.166 e. The monoisotopic (exact) mass is 312 g/mol. The molecule has 0 heterocycles. The first-order valence-electron chi connectivity index (χ1n) is 8.29. The maximum atomic E-state index is 13.9. The van der Waals surface area contributed by atoms with Crippen molar-refractivity contribution in [3.05, 3.63) is 59.4 Å². The first-order chi connectivity index (χ1) is 11.3. The van der Waals surface area contributed by atoms with Crippen molar-refractivity contribution in [3.8, 4) is 11.5 Å². The predicted molar refractivity (Wildman–Crippen MR) is 88.7 cm³/mol. The molecule has 0 aromatic heterocycles. The van der Waals surface area contributed by atoms with Crippen molar-refractivity contribution in [3.63, 3.8) is 0 Å². The summed E-state index contributed by atoms with van der Waals surface area (Å²) in [6.45, 7) is 0. The Balaban J connectivity index is 1.71. The van der Waals surface area contributed by atoms with Crippen molar-refractivity contribution in [1.29, 1.82) is 0 Å². The third-order valence-electron chi connectivity index (χ3n) is 4.53. The Kier molecular flexibility index (Phi) is 5.06. The molecular weight excluding hydrogens is 291 g/mol. The summed E-state index contributed by atoms with van der Waals surface area (Å²) in [5.74, 6) is 0.857. The van der Waals surface area contributed by atoms with Gasteiger partial charge >= 0.3 is 0 Å². The van der Waals surface area contributed by atoms with Crippen LogP contribution in [0.2, 0.25) is 0 Å². The van der Waals surface area contributed by atoms with Crippen LogP contribution in [0.1, 0.15) is 60.4 Å². The summed E-state index contributed by atoms with van der Waals surface area (Å²) in [5.41, 5.74) is 1.65. The van der Waals surface area contributed by atoms with Gasteiger partial charge in [-0.1, -0.05) is 37.8 Å². The number of hydrogen-bond acceptors (Lipinski definition) is 2. The first-order valence-corrected chi connectivity index (χ1v) is 8.29. The molecule has 0 unspecified atom stereocenters. The highest BCUT2D eigenvalue weighted by molar-refractivity contribution is 5.75. The Hall–Kier alpha value is -2.16. The van der Waals surface area contributed by atoms with Crippen molar-refractivity contribution in [2.24, 2.45) is 0 Å². The Labute approximate surface area is 136 Å². The van der Waals surface area contributed by atoms with Gasteiger partial charge in [0.15, 0.2) is 11.6 Å². The van der Waals surface area contributed by atoms with Crippen LogP contribution in [-0.4, -0.2) is 6.29 Å². The van der Waals surface area contributed by atoms with Gasteiger partial charge in [0.1, 0.15) is 12.0 Å². The third kappa shape index (κ3) is 3.98. The van der Waals surface area contributed by atoms with Crippen molar-refractivity contribution >= 4 is 6.29 Å². The summed E-state index contributed by atoms with van der Waals surface area (Å²) in [6.07, 6.45) is 8.41. The molecule has 2 aromatic carbocycles. The molecule has 3 rings (SSSR count). The summed E-state index contributed by atoms with van der Waals surface area (Å²) in [5, 5.41) is 0. The second kappa shape index (κ2) is 7.40. The Morgan fingerprint density at radius 1 is 0.957 bits per heavy atom. The lowest BCUT2D eigenvalue weighted by Gasteiger charge is -2.15. The van der Waals surface area contributed by atoms with Crippen LogP contribution >= 0.6 is 0 Å². The van der Waals surface area contributed by atoms with Crippen molar-refractivity contribution in [2.75, 3.05) is 0 Å². The summed E-state index contributed by atoms with van der Waals surface area (Å²) in [7, 11) is 0. The molecule has 2 aromatic rings. The number of benzene rings is 2. The van der Waals surface area contributed by atoms with E-state index >= 15 is 0 Å². The van der Waals surface area contributed by atoms with Gasteiger partial charge in [0.2, 0.25) is 0 Å². The van der Waals surface area contributed by atoms with Gasteiger partial charge in [-0.3, -0.25) is 4.79 Å². The van der Waals surface area contributed by atoms with Crippen LogP contribution in [0, 0.1) is 5.82 Å². The molecular formula is C20H21FO2. The van der Waals surface area contributed by atoms with Gasteiger partial charge in [0, 0.05) is 5.56 Å². The minimum absolute atomic E-state index is 0.137. The molecule has 0 atom stereocenters. The SMILES string of the molecule is O=Cc1ccc(Oc2ccc(C3CCCCCC3)cc2)c(F)c1. The second-order valence-electron chi connectivity index (χ2n) is 6.17. The van der Waals surface area contributed by atoms with Crippen LogP contribution < -0.4 is 4.74 Å². The first kappa shape index (κ1) is 15.7. The number of aldehydes is 1. The Morgan fingerprint density at radius 2 is 1.65 bits per heavy atom. The maximum absolute atomic E-state index is 13.9. The number of halogens is 1. The van der Waals surface area contributed by atoms with E-state index in [1.54, 1.807) is 6.07 Å². The van der Waals surface area contributed by atoms with Crippen LogP contribution in [0.25, 0.3) is 0 Å². The summed E-state index contributed by atoms with van der Waals surface area (Å²) in [4.78, 5) is 10.6. The fourth-order valence-electron chi connectivity index (χ4n) is 3.22. The zero-order valence-corrected chi connectivity index (χ0v) is 13.1. The molecule has 2 nitrogen and oxygen atoms in total. The molecule has 0 saturated heterocycles. The normalized spacial score (nSPS) is 15.9. The molecule has 0 amide bonds. The lowest BCUT2D eigenvalue weighted by molar-refractivity contribution is 0.112. The molecule has 0 N–H and O–H groups in total. The van der Waals surface area contributed by atoms with Crippen LogP contribution in [-0.2, 0) is 0 Å². The van der Waals surface area contributed by atoms with E-state index in [-0.39, 0.29) is 5.75 Å². The van der Waals surface area contributed by atoms with E-state index in [2.05, 4.69) is 12.1 Å². The van der Waals surface area contributed by atoms with Gasteiger partial charge in [0.25, 0.3) is 0 Å². The molecule has 23 heavy (non-hydrogen) atoms. The van der Waals surface area contributed by atoms with E-state index in [1.807, 2.05) is 12.1 Å². The Bertz CT molecular complexity index is 656. The largest absolute Gasteiger partial charge is 0.454 e. The molecule has 3 heteroatoms. The van der Waals surface area contributed by atoms with E-state index in [9.17, 15) is 9.18 Å². The minimum atomic E-state index is -0.526. The molecule has 1 fully saturated rings. The van der Waals surface area contributed by atoms with Gasteiger partial charge in [0.05, 0.1) is 0 Å².